The highest BCUT2D eigenvalue weighted by Gasteiger charge is 2.07. The first-order valence-corrected chi connectivity index (χ1v) is 2.60. The van der Waals surface area contributed by atoms with Gasteiger partial charge >= 0.3 is 5.97 Å². The van der Waals surface area contributed by atoms with Crippen LogP contribution in [0.25, 0.3) is 0 Å². The molecule has 0 saturated carbocycles. The Hall–Kier alpha value is -1.52. The van der Waals surface area contributed by atoms with Gasteiger partial charge in [0, 0.05) is 7.05 Å². The van der Waals surface area contributed by atoms with E-state index in [9.17, 15) is 4.79 Å². The molecule has 0 aromatic carbocycles. The lowest BCUT2D eigenvalue weighted by Gasteiger charge is -1.84. The molecule has 0 aliphatic rings. The maximum atomic E-state index is 10.2. The van der Waals surface area contributed by atoms with Crippen molar-refractivity contribution < 1.29 is 14.3 Å². The van der Waals surface area contributed by atoms with Gasteiger partial charge in [0.2, 0.25) is 0 Å². The molecule has 54 valence electrons. The third-order valence-electron chi connectivity index (χ3n) is 0.937. The summed E-state index contributed by atoms with van der Waals surface area (Å²) in [4.78, 5) is 13.7. The standard InChI is InChI=1S/C5H6N2O3/c1-6-5-7-3(2-10-5)4(8)9/h2H,1H3,(H,6,7)(H,8,9). The predicted molar refractivity (Wildman–Crippen MR) is 33.0 cm³/mol. The van der Waals surface area contributed by atoms with Crippen molar-refractivity contribution in [3.8, 4) is 0 Å². The van der Waals surface area contributed by atoms with Gasteiger partial charge in [-0.05, 0) is 0 Å². The second kappa shape index (κ2) is 2.38. The molecule has 2 N–H and O–H groups in total. The molecule has 5 heteroatoms. The van der Waals surface area contributed by atoms with E-state index in [4.69, 9.17) is 5.11 Å². The van der Waals surface area contributed by atoms with Crippen LogP contribution in [-0.2, 0) is 0 Å². The highest BCUT2D eigenvalue weighted by Crippen LogP contribution is 2.05. The molecule has 1 aromatic rings. The van der Waals surface area contributed by atoms with Gasteiger partial charge in [-0.1, -0.05) is 0 Å². The Bertz CT molecular complexity index is 243. The van der Waals surface area contributed by atoms with Crippen LogP contribution in [0.15, 0.2) is 10.7 Å². The minimum Gasteiger partial charge on any atom is -0.476 e. The topological polar surface area (TPSA) is 75.4 Å². The molecule has 1 aromatic heterocycles. The first kappa shape index (κ1) is 6.60. The second-order valence-electron chi connectivity index (χ2n) is 1.59. The summed E-state index contributed by atoms with van der Waals surface area (Å²) in [6, 6.07) is 0.206. The van der Waals surface area contributed by atoms with Gasteiger partial charge in [-0.15, -0.1) is 0 Å². The van der Waals surface area contributed by atoms with Crippen LogP contribution in [0.2, 0.25) is 0 Å². The number of hydrogen-bond acceptors (Lipinski definition) is 4. The predicted octanol–water partition coefficient (Wildman–Crippen LogP) is 0.414. The molecular formula is C5H6N2O3. The number of aromatic carboxylic acids is 1. The summed E-state index contributed by atoms with van der Waals surface area (Å²) < 4.78 is 4.67. The highest BCUT2D eigenvalue weighted by atomic mass is 16.4. The zero-order valence-corrected chi connectivity index (χ0v) is 5.29. The second-order valence-corrected chi connectivity index (χ2v) is 1.59. The van der Waals surface area contributed by atoms with E-state index in [1.54, 1.807) is 7.05 Å². The molecule has 0 amide bonds. The minimum absolute atomic E-state index is 0.0932. The summed E-state index contributed by atoms with van der Waals surface area (Å²) >= 11 is 0. The fourth-order valence-corrected chi connectivity index (χ4v) is 0.487. The van der Waals surface area contributed by atoms with Crippen LogP contribution in [0, 0.1) is 0 Å². The number of carboxylic acids is 1. The maximum Gasteiger partial charge on any atom is 0.357 e. The van der Waals surface area contributed by atoms with E-state index in [-0.39, 0.29) is 11.7 Å². The van der Waals surface area contributed by atoms with E-state index in [0.717, 1.165) is 6.26 Å². The van der Waals surface area contributed by atoms with Crippen molar-refractivity contribution in [2.24, 2.45) is 0 Å². The van der Waals surface area contributed by atoms with Crippen LogP contribution in [0.5, 0.6) is 0 Å². The van der Waals surface area contributed by atoms with Gasteiger partial charge in [0.1, 0.15) is 6.26 Å². The Labute approximate surface area is 56.7 Å². The maximum absolute atomic E-state index is 10.2. The van der Waals surface area contributed by atoms with Crippen molar-refractivity contribution in [3.63, 3.8) is 0 Å². The minimum atomic E-state index is -1.09. The molecule has 0 spiro atoms. The lowest BCUT2D eigenvalue weighted by molar-refractivity contribution is 0.0690. The van der Waals surface area contributed by atoms with Crippen molar-refractivity contribution >= 4 is 12.0 Å². The van der Waals surface area contributed by atoms with Gasteiger partial charge in [-0.25, -0.2) is 4.79 Å². The smallest absolute Gasteiger partial charge is 0.357 e. The molecule has 0 unspecified atom stereocenters. The highest BCUT2D eigenvalue weighted by molar-refractivity contribution is 5.85. The molecule has 1 heterocycles. The lowest BCUT2D eigenvalue weighted by atomic mass is 10.5. The van der Waals surface area contributed by atoms with Gasteiger partial charge < -0.3 is 14.8 Å². The number of anilines is 1. The van der Waals surface area contributed by atoms with Crippen LogP contribution >= 0.6 is 0 Å². The molecule has 0 fully saturated rings. The van der Waals surface area contributed by atoms with Crippen molar-refractivity contribution in [1.29, 1.82) is 0 Å². The molecule has 0 radical (unpaired) electrons. The van der Waals surface area contributed by atoms with Gasteiger partial charge in [-0.2, -0.15) is 4.98 Å². The zero-order valence-electron chi connectivity index (χ0n) is 5.29. The summed E-state index contributed by atoms with van der Waals surface area (Å²) in [5.74, 6) is -1.09. The molecule has 0 atom stereocenters. The van der Waals surface area contributed by atoms with Crippen LogP contribution in [-0.4, -0.2) is 23.1 Å². The molecule has 0 saturated heterocycles. The Morgan fingerprint density at radius 3 is 2.90 bits per heavy atom. The fraction of sp³-hybridized carbons (Fsp3) is 0.200. The number of nitrogens with zero attached hydrogens (tertiary/aromatic N) is 1. The summed E-state index contributed by atoms with van der Waals surface area (Å²) in [6.07, 6.45) is 1.08. The van der Waals surface area contributed by atoms with E-state index in [1.165, 1.54) is 0 Å². The Balaban J connectivity index is 2.88. The Morgan fingerprint density at radius 1 is 1.90 bits per heavy atom. The Morgan fingerprint density at radius 2 is 2.60 bits per heavy atom. The molecule has 0 bridgehead atoms. The SMILES string of the molecule is CNc1nc(C(=O)O)co1. The number of carboxylic acid groups (broad SMARTS) is 1. The van der Waals surface area contributed by atoms with E-state index in [0.29, 0.717) is 0 Å². The van der Waals surface area contributed by atoms with Crippen LogP contribution in [0.3, 0.4) is 0 Å². The van der Waals surface area contributed by atoms with E-state index in [2.05, 4.69) is 14.7 Å². The largest absolute Gasteiger partial charge is 0.476 e. The first-order chi connectivity index (χ1) is 4.74. The number of rotatable bonds is 2. The third-order valence-corrected chi connectivity index (χ3v) is 0.937. The molecule has 10 heavy (non-hydrogen) atoms. The lowest BCUT2D eigenvalue weighted by Crippen LogP contribution is -1.96. The first-order valence-electron chi connectivity index (χ1n) is 2.60. The van der Waals surface area contributed by atoms with Crippen molar-refractivity contribution in [3.05, 3.63) is 12.0 Å². The van der Waals surface area contributed by atoms with Crippen LogP contribution in [0.4, 0.5) is 6.01 Å². The summed E-state index contributed by atoms with van der Waals surface area (Å²) in [5.41, 5.74) is -0.0932. The number of aromatic nitrogens is 1. The average molecular weight is 142 g/mol. The third kappa shape index (κ3) is 1.07. The molecule has 0 aliphatic heterocycles. The monoisotopic (exact) mass is 142 g/mol. The van der Waals surface area contributed by atoms with Gasteiger partial charge in [0.25, 0.3) is 6.01 Å². The zero-order chi connectivity index (χ0) is 7.56. The molecule has 1 rings (SSSR count). The summed E-state index contributed by atoms with van der Waals surface area (Å²) in [6.45, 7) is 0. The molecule has 0 aliphatic carbocycles. The van der Waals surface area contributed by atoms with Crippen molar-refractivity contribution in [2.45, 2.75) is 0 Å². The molecule has 5 nitrogen and oxygen atoms in total. The number of nitrogens with one attached hydrogen (secondary N) is 1. The average Bonchev–Trinajstić information content (AvgIpc) is 2.34. The normalized spacial score (nSPS) is 9.30. The quantitative estimate of drug-likeness (QED) is 0.625. The van der Waals surface area contributed by atoms with Gasteiger partial charge in [-0.3, -0.25) is 0 Å². The van der Waals surface area contributed by atoms with Gasteiger partial charge in [0.15, 0.2) is 5.69 Å². The van der Waals surface area contributed by atoms with E-state index >= 15 is 0 Å². The number of hydrogen-bond donors (Lipinski definition) is 2. The van der Waals surface area contributed by atoms with Crippen molar-refractivity contribution in [1.82, 2.24) is 4.98 Å². The molecular weight excluding hydrogens is 136 g/mol. The van der Waals surface area contributed by atoms with Crippen LogP contribution < -0.4 is 5.32 Å². The van der Waals surface area contributed by atoms with Crippen molar-refractivity contribution in [2.75, 3.05) is 12.4 Å². The number of carbonyl (C=O) groups is 1. The fourth-order valence-electron chi connectivity index (χ4n) is 0.487. The summed E-state index contributed by atoms with van der Waals surface area (Å²) in [7, 11) is 1.59. The number of oxazole rings is 1. The summed E-state index contributed by atoms with van der Waals surface area (Å²) in [5, 5.41) is 10.9. The van der Waals surface area contributed by atoms with Crippen LogP contribution in [0.1, 0.15) is 10.5 Å². The van der Waals surface area contributed by atoms with Gasteiger partial charge in [0.05, 0.1) is 0 Å². The van der Waals surface area contributed by atoms with E-state index < -0.39 is 5.97 Å². The Kier molecular flexibility index (Phi) is 1.57. The van der Waals surface area contributed by atoms with E-state index in [1.807, 2.05) is 0 Å².